The summed E-state index contributed by atoms with van der Waals surface area (Å²) in [4.78, 5) is 62.9. The number of imide groups is 1. The molecular weight excluding hydrogens is 747 g/mol. The second kappa shape index (κ2) is 17.2. The number of aromatic nitrogens is 4. The summed E-state index contributed by atoms with van der Waals surface area (Å²) >= 11 is 0. The van der Waals surface area contributed by atoms with Crippen LogP contribution in [0.1, 0.15) is 79.4 Å². The van der Waals surface area contributed by atoms with E-state index in [0.717, 1.165) is 126 Å². The van der Waals surface area contributed by atoms with E-state index in [9.17, 15) is 14.4 Å². The van der Waals surface area contributed by atoms with E-state index in [0.29, 0.717) is 36.3 Å². The molecule has 2 N–H and O–H groups in total. The van der Waals surface area contributed by atoms with Gasteiger partial charge in [-0.25, -0.2) is 9.97 Å². The molecule has 59 heavy (non-hydrogen) atoms. The smallest absolute Gasteiger partial charge is 0.270 e. The minimum absolute atomic E-state index is 0.0178. The van der Waals surface area contributed by atoms with Gasteiger partial charge < -0.3 is 29.3 Å². The molecule has 15 nitrogen and oxygen atoms in total. The SMILES string of the molecule is CN(C)C(=O)c1cc2cnc(Nc3ccc(N4CCN(C[C@H]5CN(C6CCN(c7ccc(C8CCC(=O)NC8=O)cc7)CC6)CCO5)CC4)cn3)nc2n1C1CCCC1. The number of ether oxygens (including phenoxy) is 1. The number of nitrogens with one attached hydrogen (secondary N) is 2. The van der Waals surface area contributed by atoms with Gasteiger partial charge in [0.05, 0.1) is 30.5 Å². The Balaban J connectivity index is 0.736. The van der Waals surface area contributed by atoms with Crippen molar-refractivity contribution in [1.82, 2.24) is 39.5 Å². The van der Waals surface area contributed by atoms with Gasteiger partial charge in [-0.15, -0.1) is 0 Å². The third-order valence-electron chi connectivity index (χ3n) is 13.1. The summed E-state index contributed by atoms with van der Waals surface area (Å²) in [6.45, 7) is 9.54. The molecule has 2 atom stereocenters. The molecule has 4 aliphatic heterocycles. The Hall–Kier alpha value is -5.12. The number of piperidine rings is 2. The molecule has 0 spiro atoms. The topological polar surface area (TPSA) is 144 Å². The minimum Gasteiger partial charge on any atom is -0.374 e. The normalized spacial score (nSPS) is 22.9. The van der Waals surface area contributed by atoms with Gasteiger partial charge in [0.2, 0.25) is 17.8 Å². The van der Waals surface area contributed by atoms with Crippen molar-refractivity contribution in [3.05, 3.63) is 66.1 Å². The molecule has 1 saturated carbocycles. The third-order valence-corrected chi connectivity index (χ3v) is 13.1. The maximum absolute atomic E-state index is 13.1. The van der Waals surface area contributed by atoms with Gasteiger partial charge in [0.15, 0.2) is 0 Å². The van der Waals surface area contributed by atoms with E-state index in [1.165, 1.54) is 5.69 Å². The molecule has 4 aromatic rings. The Morgan fingerprint density at radius 3 is 2.31 bits per heavy atom. The second-order valence-electron chi connectivity index (χ2n) is 17.1. The maximum Gasteiger partial charge on any atom is 0.270 e. The highest BCUT2D eigenvalue weighted by atomic mass is 16.5. The molecule has 5 aliphatic rings. The quantitative estimate of drug-likeness (QED) is 0.220. The van der Waals surface area contributed by atoms with Crippen LogP contribution in [0, 0.1) is 0 Å². The zero-order valence-electron chi connectivity index (χ0n) is 34.4. The monoisotopic (exact) mass is 803 g/mol. The van der Waals surface area contributed by atoms with Crippen LogP contribution in [0.15, 0.2) is 54.9 Å². The number of carbonyl (C=O) groups excluding carboxylic acids is 3. The van der Waals surface area contributed by atoms with Crippen LogP contribution in [0.25, 0.3) is 11.0 Å². The fraction of sp³-hybridized carbons (Fsp3) is 0.545. The molecular formula is C44H57N11O4. The Kier molecular flexibility index (Phi) is 11.5. The van der Waals surface area contributed by atoms with Crippen molar-refractivity contribution >= 4 is 51.9 Å². The summed E-state index contributed by atoms with van der Waals surface area (Å²) in [5, 5.41) is 6.65. The molecule has 5 fully saturated rings. The average Bonchev–Trinajstić information content (AvgIpc) is 3.93. The van der Waals surface area contributed by atoms with Crippen molar-refractivity contribution in [2.24, 2.45) is 0 Å². The number of piperazine rings is 1. The van der Waals surface area contributed by atoms with Crippen molar-refractivity contribution in [1.29, 1.82) is 0 Å². The zero-order chi connectivity index (χ0) is 40.5. The first kappa shape index (κ1) is 39.3. The zero-order valence-corrected chi connectivity index (χ0v) is 34.4. The Morgan fingerprint density at radius 2 is 1.59 bits per heavy atom. The molecule has 1 aromatic carbocycles. The molecule has 312 valence electrons. The van der Waals surface area contributed by atoms with Crippen LogP contribution < -0.4 is 20.4 Å². The van der Waals surface area contributed by atoms with E-state index in [4.69, 9.17) is 14.7 Å². The van der Waals surface area contributed by atoms with E-state index in [1.807, 2.05) is 18.3 Å². The molecule has 15 heteroatoms. The van der Waals surface area contributed by atoms with E-state index < -0.39 is 0 Å². The average molecular weight is 804 g/mol. The molecule has 3 aromatic heterocycles. The van der Waals surface area contributed by atoms with Gasteiger partial charge in [-0.2, -0.15) is 4.98 Å². The third kappa shape index (κ3) is 8.64. The van der Waals surface area contributed by atoms with Crippen molar-refractivity contribution in [2.45, 2.75) is 75.5 Å². The number of amides is 3. The summed E-state index contributed by atoms with van der Waals surface area (Å²) in [6, 6.07) is 15.2. The number of hydrogen-bond donors (Lipinski definition) is 2. The van der Waals surface area contributed by atoms with Gasteiger partial charge in [-0.3, -0.25) is 29.5 Å². The predicted octanol–water partition coefficient (Wildman–Crippen LogP) is 4.40. The van der Waals surface area contributed by atoms with Crippen LogP contribution in [0.2, 0.25) is 0 Å². The number of morpholine rings is 1. The Bertz CT molecular complexity index is 2120. The molecule has 4 saturated heterocycles. The van der Waals surface area contributed by atoms with E-state index in [-0.39, 0.29) is 35.8 Å². The summed E-state index contributed by atoms with van der Waals surface area (Å²) in [7, 11) is 3.58. The number of fused-ring (bicyclic) bond motifs is 1. The number of hydrogen-bond acceptors (Lipinski definition) is 12. The molecule has 1 aliphatic carbocycles. The predicted molar refractivity (Wildman–Crippen MR) is 227 cm³/mol. The summed E-state index contributed by atoms with van der Waals surface area (Å²) < 4.78 is 8.45. The maximum atomic E-state index is 13.1. The number of nitrogens with zero attached hydrogens (tertiary/aromatic N) is 9. The first-order valence-corrected chi connectivity index (χ1v) is 21.6. The lowest BCUT2D eigenvalue weighted by Crippen LogP contribution is -2.55. The first-order valence-electron chi connectivity index (χ1n) is 21.6. The van der Waals surface area contributed by atoms with E-state index in [1.54, 1.807) is 25.2 Å². The van der Waals surface area contributed by atoms with Gasteiger partial charge in [0.1, 0.15) is 17.2 Å². The molecule has 9 rings (SSSR count). The fourth-order valence-corrected chi connectivity index (χ4v) is 9.83. The van der Waals surface area contributed by atoms with Crippen LogP contribution >= 0.6 is 0 Å². The van der Waals surface area contributed by atoms with Gasteiger partial charge in [0, 0.05) is 109 Å². The van der Waals surface area contributed by atoms with Gasteiger partial charge >= 0.3 is 0 Å². The number of benzene rings is 1. The van der Waals surface area contributed by atoms with Gasteiger partial charge in [-0.1, -0.05) is 25.0 Å². The van der Waals surface area contributed by atoms with Gasteiger partial charge in [-0.05, 0) is 68.0 Å². The van der Waals surface area contributed by atoms with E-state index in [2.05, 4.69) is 70.1 Å². The fourth-order valence-electron chi connectivity index (χ4n) is 9.83. The number of pyridine rings is 1. The standard InChI is InChI=1S/C44H57N11O4/c1-50(2)43(58)38-25-31-26-46-44(49-41(31)55(38)34-5-3-4-6-34)47-39-13-11-35(27-45-39)53-21-19-51(20-22-53)28-36-29-54(23-24-59-36)33-15-17-52(18-16-33)32-9-7-30(8-10-32)37-12-14-40(56)48-42(37)57/h7-11,13,25-27,33-34,36-37H,3-6,12,14-24,28-29H2,1-2H3,(H,48,56,57)(H,45,46,47,49)/t36-,37?/m0/s1. The highest BCUT2D eigenvalue weighted by molar-refractivity contribution is 6.01. The largest absolute Gasteiger partial charge is 0.374 e. The summed E-state index contributed by atoms with van der Waals surface area (Å²) in [6.07, 6.45) is 11.6. The number of anilines is 4. The number of rotatable bonds is 10. The van der Waals surface area contributed by atoms with Crippen molar-refractivity contribution in [3.8, 4) is 0 Å². The highest BCUT2D eigenvalue weighted by Gasteiger charge is 2.32. The van der Waals surface area contributed by atoms with Crippen molar-refractivity contribution in [3.63, 3.8) is 0 Å². The molecule has 0 bridgehead atoms. The molecule has 1 unspecified atom stereocenters. The molecule has 7 heterocycles. The van der Waals surface area contributed by atoms with Crippen LogP contribution in [0.4, 0.5) is 23.1 Å². The first-order chi connectivity index (χ1) is 28.8. The molecule has 0 radical (unpaired) electrons. The van der Waals surface area contributed by atoms with Crippen molar-refractivity contribution in [2.75, 3.05) is 94.7 Å². The lowest BCUT2D eigenvalue weighted by Gasteiger charge is -2.44. The van der Waals surface area contributed by atoms with Crippen LogP contribution in [0.5, 0.6) is 0 Å². The minimum atomic E-state index is -0.243. The van der Waals surface area contributed by atoms with Crippen LogP contribution in [-0.2, 0) is 14.3 Å². The Labute approximate surface area is 346 Å². The van der Waals surface area contributed by atoms with Gasteiger partial charge in [0.25, 0.3) is 5.91 Å². The van der Waals surface area contributed by atoms with Crippen molar-refractivity contribution < 1.29 is 19.1 Å². The van der Waals surface area contributed by atoms with Crippen LogP contribution in [-0.4, -0.2) is 144 Å². The highest BCUT2D eigenvalue weighted by Crippen LogP contribution is 2.35. The molecule has 3 amide bonds. The van der Waals surface area contributed by atoms with E-state index >= 15 is 0 Å². The summed E-state index contributed by atoms with van der Waals surface area (Å²) in [5.41, 5.74) is 4.74. The summed E-state index contributed by atoms with van der Waals surface area (Å²) in [5.74, 6) is 0.531. The second-order valence-corrected chi connectivity index (χ2v) is 17.1. The lowest BCUT2D eigenvalue weighted by molar-refractivity contribution is -0.134. The number of carbonyl (C=O) groups is 3. The van der Waals surface area contributed by atoms with Crippen LogP contribution in [0.3, 0.4) is 0 Å². The lowest BCUT2D eigenvalue weighted by atomic mass is 9.90. The Morgan fingerprint density at radius 1 is 0.847 bits per heavy atom.